The SMILES string of the molecule is Cc1sc(-n2c(C)cc(/C=N/NC(=O)c3ccc4ccccc4c3)c2C)c(C#N)c1C. The van der Waals surface area contributed by atoms with Crippen LogP contribution in [0.1, 0.15) is 43.3 Å². The summed E-state index contributed by atoms with van der Waals surface area (Å²) >= 11 is 1.61. The molecule has 4 aromatic rings. The Morgan fingerprint density at radius 2 is 1.84 bits per heavy atom. The van der Waals surface area contributed by atoms with E-state index in [1.54, 1.807) is 23.6 Å². The van der Waals surface area contributed by atoms with E-state index in [1.165, 1.54) is 0 Å². The topological polar surface area (TPSA) is 70.2 Å². The molecule has 0 aliphatic heterocycles. The van der Waals surface area contributed by atoms with Crippen molar-refractivity contribution in [3.63, 3.8) is 0 Å². The normalized spacial score (nSPS) is 11.2. The largest absolute Gasteiger partial charge is 0.308 e. The Kier molecular flexibility index (Phi) is 5.45. The van der Waals surface area contributed by atoms with Crippen molar-refractivity contribution in [3.05, 3.63) is 87.0 Å². The number of rotatable bonds is 4. The summed E-state index contributed by atoms with van der Waals surface area (Å²) < 4.78 is 2.08. The second-order valence-electron chi connectivity index (χ2n) is 7.50. The molecule has 0 atom stereocenters. The van der Waals surface area contributed by atoms with E-state index >= 15 is 0 Å². The zero-order chi connectivity index (χ0) is 22.1. The maximum Gasteiger partial charge on any atom is 0.271 e. The lowest BCUT2D eigenvalue weighted by Crippen LogP contribution is -2.17. The average Bonchev–Trinajstić information content (AvgIpc) is 3.21. The summed E-state index contributed by atoms with van der Waals surface area (Å²) in [6.45, 7) is 8.00. The Labute approximate surface area is 185 Å². The molecule has 0 aliphatic carbocycles. The van der Waals surface area contributed by atoms with Crippen LogP contribution in [0.15, 0.2) is 53.6 Å². The van der Waals surface area contributed by atoms with Gasteiger partial charge >= 0.3 is 0 Å². The summed E-state index contributed by atoms with van der Waals surface area (Å²) in [5.74, 6) is -0.257. The molecule has 0 saturated heterocycles. The highest BCUT2D eigenvalue weighted by Gasteiger charge is 2.18. The van der Waals surface area contributed by atoms with E-state index < -0.39 is 0 Å². The number of benzene rings is 2. The number of hydrogen-bond donors (Lipinski definition) is 1. The number of carbonyl (C=O) groups is 1. The molecule has 5 nitrogen and oxygen atoms in total. The monoisotopic (exact) mass is 426 g/mol. The van der Waals surface area contributed by atoms with Gasteiger partial charge in [0.1, 0.15) is 11.1 Å². The standard InChI is InChI=1S/C25H22N4OS/c1-15-11-22(17(3)29(15)25-23(13-26)16(2)18(4)31-25)14-27-28-24(30)21-10-9-19-7-5-6-8-20(19)12-21/h5-12,14H,1-4H3,(H,28,30)/b27-14+. The molecule has 0 radical (unpaired) electrons. The van der Waals surface area contributed by atoms with Crippen molar-refractivity contribution in [2.45, 2.75) is 27.7 Å². The van der Waals surface area contributed by atoms with Crippen molar-refractivity contribution in [1.29, 1.82) is 5.26 Å². The van der Waals surface area contributed by atoms with Crippen molar-refractivity contribution in [2.24, 2.45) is 5.10 Å². The van der Waals surface area contributed by atoms with Gasteiger partial charge in [0.15, 0.2) is 0 Å². The van der Waals surface area contributed by atoms with Crippen LogP contribution in [0.4, 0.5) is 0 Å². The number of amides is 1. The number of aryl methyl sites for hydroxylation is 2. The smallest absolute Gasteiger partial charge is 0.271 e. The van der Waals surface area contributed by atoms with Crippen molar-refractivity contribution < 1.29 is 4.79 Å². The molecule has 2 heterocycles. The van der Waals surface area contributed by atoms with Gasteiger partial charge in [-0.15, -0.1) is 11.3 Å². The quantitative estimate of drug-likeness (QED) is 0.343. The molecule has 6 heteroatoms. The fraction of sp³-hybridized carbons (Fsp3) is 0.160. The molecule has 0 unspecified atom stereocenters. The Bertz CT molecular complexity index is 1380. The number of carbonyl (C=O) groups excluding carboxylic acids is 1. The highest BCUT2D eigenvalue weighted by atomic mass is 32.1. The molecule has 4 rings (SSSR count). The molecule has 0 fully saturated rings. The van der Waals surface area contributed by atoms with Crippen LogP contribution in [0.5, 0.6) is 0 Å². The zero-order valence-corrected chi connectivity index (χ0v) is 18.7. The first-order valence-corrected chi connectivity index (χ1v) is 10.7. The molecule has 2 aromatic carbocycles. The van der Waals surface area contributed by atoms with Gasteiger partial charge in [-0.05, 0) is 62.2 Å². The minimum Gasteiger partial charge on any atom is -0.308 e. The molecule has 31 heavy (non-hydrogen) atoms. The van der Waals surface area contributed by atoms with Crippen LogP contribution >= 0.6 is 11.3 Å². The van der Waals surface area contributed by atoms with Crippen LogP contribution in [-0.4, -0.2) is 16.7 Å². The zero-order valence-electron chi connectivity index (χ0n) is 17.9. The first kappa shape index (κ1) is 20.6. The molecule has 1 amide bonds. The van der Waals surface area contributed by atoms with E-state index in [-0.39, 0.29) is 5.91 Å². The second kappa shape index (κ2) is 8.21. The molecule has 0 aliphatic rings. The Morgan fingerprint density at radius 1 is 1.10 bits per heavy atom. The maximum atomic E-state index is 12.5. The molecule has 0 spiro atoms. The first-order valence-electron chi connectivity index (χ1n) is 9.92. The number of nitrogens with zero attached hydrogens (tertiary/aromatic N) is 3. The lowest BCUT2D eigenvalue weighted by molar-refractivity contribution is 0.0955. The van der Waals surface area contributed by atoms with Gasteiger partial charge in [-0.3, -0.25) is 4.79 Å². The van der Waals surface area contributed by atoms with Crippen molar-refractivity contribution >= 4 is 34.2 Å². The Morgan fingerprint density at radius 3 is 2.58 bits per heavy atom. The van der Waals surface area contributed by atoms with Crippen LogP contribution in [-0.2, 0) is 0 Å². The number of fused-ring (bicyclic) bond motifs is 1. The predicted molar refractivity (Wildman–Crippen MR) is 126 cm³/mol. The van der Waals surface area contributed by atoms with Gasteiger partial charge < -0.3 is 4.57 Å². The summed E-state index contributed by atoms with van der Waals surface area (Å²) in [4.78, 5) is 13.7. The van der Waals surface area contributed by atoms with E-state index in [2.05, 4.69) is 21.2 Å². The van der Waals surface area contributed by atoms with Gasteiger partial charge in [0, 0.05) is 27.4 Å². The van der Waals surface area contributed by atoms with Crippen molar-refractivity contribution in [1.82, 2.24) is 9.99 Å². The summed E-state index contributed by atoms with van der Waals surface area (Å²) in [5.41, 5.74) is 7.78. The third-order valence-corrected chi connectivity index (χ3v) is 6.73. The molecule has 1 N–H and O–H groups in total. The van der Waals surface area contributed by atoms with Crippen molar-refractivity contribution in [2.75, 3.05) is 0 Å². The summed E-state index contributed by atoms with van der Waals surface area (Å²) in [5, 5.41) is 16.8. The molecule has 0 saturated carbocycles. The number of thiophene rings is 1. The molecular formula is C25H22N4OS. The summed E-state index contributed by atoms with van der Waals surface area (Å²) in [7, 11) is 0. The predicted octanol–water partition coefficient (Wildman–Crippen LogP) is 5.56. The van der Waals surface area contributed by atoms with Crippen LogP contribution in [0.25, 0.3) is 15.8 Å². The summed E-state index contributed by atoms with van der Waals surface area (Å²) in [6, 6.07) is 17.8. The third kappa shape index (κ3) is 3.76. The lowest BCUT2D eigenvalue weighted by atomic mass is 10.1. The van der Waals surface area contributed by atoms with Crippen LogP contribution in [0.3, 0.4) is 0 Å². The fourth-order valence-corrected chi connectivity index (χ4v) is 4.90. The van der Waals surface area contributed by atoms with E-state index in [9.17, 15) is 10.1 Å². The molecule has 0 bridgehead atoms. The van der Waals surface area contributed by atoms with Crippen LogP contribution in [0.2, 0.25) is 0 Å². The highest BCUT2D eigenvalue weighted by molar-refractivity contribution is 7.14. The molecule has 154 valence electrons. The molecular weight excluding hydrogens is 404 g/mol. The Balaban J connectivity index is 1.57. The number of nitriles is 1. The van der Waals surface area contributed by atoms with E-state index in [4.69, 9.17) is 0 Å². The number of nitrogens with one attached hydrogen (secondary N) is 1. The lowest BCUT2D eigenvalue weighted by Gasteiger charge is -2.07. The van der Waals surface area contributed by atoms with Gasteiger partial charge in [0.05, 0.1) is 11.8 Å². The number of aromatic nitrogens is 1. The van der Waals surface area contributed by atoms with E-state index in [1.807, 2.05) is 70.2 Å². The van der Waals surface area contributed by atoms with E-state index in [0.717, 1.165) is 43.2 Å². The molecule has 2 aromatic heterocycles. The van der Waals surface area contributed by atoms with Crippen molar-refractivity contribution in [3.8, 4) is 11.1 Å². The van der Waals surface area contributed by atoms with Gasteiger partial charge in [-0.2, -0.15) is 10.4 Å². The summed E-state index contributed by atoms with van der Waals surface area (Å²) in [6.07, 6.45) is 1.65. The second-order valence-corrected chi connectivity index (χ2v) is 8.70. The fourth-order valence-electron chi connectivity index (χ4n) is 3.68. The Hall–Kier alpha value is -3.69. The van der Waals surface area contributed by atoms with Crippen LogP contribution in [0, 0.1) is 39.0 Å². The van der Waals surface area contributed by atoms with Gasteiger partial charge in [0.2, 0.25) is 0 Å². The average molecular weight is 427 g/mol. The number of hydrogen-bond acceptors (Lipinski definition) is 4. The minimum atomic E-state index is -0.257. The van der Waals surface area contributed by atoms with Gasteiger partial charge in [0.25, 0.3) is 5.91 Å². The third-order valence-electron chi connectivity index (χ3n) is 5.53. The van der Waals surface area contributed by atoms with E-state index in [0.29, 0.717) is 11.1 Å². The van der Waals surface area contributed by atoms with Gasteiger partial charge in [-0.25, -0.2) is 5.43 Å². The first-order chi connectivity index (χ1) is 14.9. The number of hydrazone groups is 1. The maximum absolute atomic E-state index is 12.5. The van der Waals surface area contributed by atoms with Gasteiger partial charge in [-0.1, -0.05) is 30.3 Å². The van der Waals surface area contributed by atoms with Crippen LogP contribution < -0.4 is 5.43 Å². The minimum absolute atomic E-state index is 0.257. The highest BCUT2D eigenvalue weighted by Crippen LogP contribution is 2.33.